The van der Waals surface area contributed by atoms with Crippen molar-refractivity contribution in [3.8, 4) is 0 Å². The van der Waals surface area contributed by atoms with Crippen molar-refractivity contribution in [1.82, 2.24) is 0 Å². The Labute approximate surface area is 148 Å². The molecule has 0 radical (unpaired) electrons. The highest BCUT2D eigenvalue weighted by Gasteiger charge is 2.36. The average molecular weight is 384 g/mol. The maximum absolute atomic E-state index is 12.4. The monoisotopic (exact) mass is 384 g/mol. The number of alkyl halides is 3. The summed E-state index contributed by atoms with van der Waals surface area (Å²) in [7, 11) is -3.89. The molecule has 2 rings (SSSR count). The second-order valence-electron chi connectivity index (χ2n) is 5.33. The number of allylic oxidation sites excluding steroid dienone is 1. The quantitative estimate of drug-likeness (QED) is 0.777. The summed E-state index contributed by atoms with van der Waals surface area (Å²) in [6.07, 6.45) is -3.53. The van der Waals surface area contributed by atoms with Crippen LogP contribution in [0.5, 0.6) is 0 Å². The van der Waals surface area contributed by atoms with Crippen LogP contribution in [0.2, 0.25) is 0 Å². The third kappa shape index (κ3) is 5.43. The number of carbonyl (C=O) groups excluding carboxylic acids is 1. The predicted molar refractivity (Wildman–Crippen MR) is 90.6 cm³/mol. The molecule has 0 amide bonds. The number of primary sulfonamides is 1. The first-order valence-electron chi connectivity index (χ1n) is 7.30. The van der Waals surface area contributed by atoms with Gasteiger partial charge < -0.3 is 4.90 Å². The van der Waals surface area contributed by atoms with Crippen LogP contribution in [-0.2, 0) is 21.4 Å². The lowest BCUT2D eigenvalue weighted by Gasteiger charge is -2.21. The summed E-state index contributed by atoms with van der Waals surface area (Å²) < 4.78 is 59.9. The molecule has 0 bridgehead atoms. The zero-order chi connectivity index (χ0) is 19.4. The molecular weight excluding hydrogens is 369 g/mol. The minimum atomic E-state index is -4.97. The summed E-state index contributed by atoms with van der Waals surface area (Å²) in [6, 6.07) is 14.1. The fourth-order valence-corrected chi connectivity index (χ4v) is 2.61. The standard InChI is InChI=1S/C17H15F3N2O3S/c18-17(19,20)16(23)10-11-22(12-13-4-2-1-3-5-13)14-6-8-15(9-7-14)26(21,24)25/h1-11H,12H2,(H2,21,24,25)/b11-10+. The van der Waals surface area contributed by atoms with Gasteiger partial charge in [-0.25, -0.2) is 13.6 Å². The van der Waals surface area contributed by atoms with Gasteiger partial charge in [0.25, 0.3) is 5.78 Å². The summed E-state index contributed by atoms with van der Waals surface area (Å²) in [5, 5.41) is 5.03. The van der Waals surface area contributed by atoms with Crippen molar-refractivity contribution < 1.29 is 26.4 Å². The Morgan fingerprint density at radius 2 is 1.62 bits per heavy atom. The number of nitrogens with two attached hydrogens (primary N) is 1. The van der Waals surface area contributed by atoms with Crippen LogP contribution < -0.4 is 10.0 Å². The lowest BCUT2D eigenvalue weighted by Crippen LogP contribution is -2.22. The number of sulfonamides is 1. The van der Waals surface area contributed by atoms with Crippen LogP contribution in [0.1, 0.15) is 5.56 Å². The first-order valence-corrected chi connectivity index (χ1v) is 8.85. The Bertz CT molecular complexity index is 893. The maximum Gasteiger partial charge on any atom is 0.454 e. The molecule has 0 saturated carbocycles. The molecule has 0 aliphatic rings. The van der Waals surface area contributed by atoms with Gasteiger partial charge in [0.1, 0.15) is 0 Å². The van der Waals surface area contributed by atoms with Crippen LogP contribution in [0.15, 0.2) is 71.8 Å². The van der Waals surface area contributed by atoms with Crippen molar-refractivity contribution in [2.75, 3.05) is 4.90 Å². The van der Waals surface area contributed by atoms with E-state index in [1.54, 1.807) is 30.3 Å². The van der Waals surface area contributed by atoms with Crippen molar-refractivity contribution in [3.05, 3.63) is 72.4 Å². The lowest BCUT2D eigenvalue weighted by molar-refractivity contribution is -0.165. The number of nitrogens with zero attached hydrogens (tertiary/aromatic N) is 1. The second-order valence-corrected chi connectivity index (χ2v) is 6.89. The van der Waals surface area contributed by atoms with Crippen molar-refractivity contribution in [2.45, 2.75) is 17.6 Å². The molecule has 26 heavy (non-hydrogen) atoms. The summed E-state index contributed by atoms with van der Waals surface area (Å²) in [5.41, 5.74) is 1.18. The van der Waals surface area contributed by atoms with E-state index in [-0.39, 0.29) is 11.4 Å². The van der Waals surface area contributed by atoms with E-state index in [1.165, 1.54) is 29.2 Å². The van der Waals surface area contributed by atoms with Crippen molar-refractivity contribution >= 4 is 21.5 Å². The fraction of sp³-hybridized carbons (Fsp3) is 0.118. The maximum atomic E-state index is 12.4. The summed E-state index contributed by atoms with van der Waals surface area (Å²) in [6.45, 7) is 0.178. The molecule has 2 aromatic rings. The molecule has 0 atom stereocenters. The molecule has 9 heteroatoms. The van der Waals surface area contributed by atoms with Crippen molar-refractivity contribution in [2.24, 2.45) is 5.14 Å². The molecule has 2 aromatic carbocycles. The number of anilines is 1. The molecule has 138 valence electrons. The number of carbonyl (C=O) groups is 1. The lowest BCUT2D eigenvalue weighted by atomic mass is 10.2. The molecule has 0 unspecified atom stereocenters. The van der Waals surface area contributed by atoms with Gasteiger partial charge in [0, 0.05) is 24.5 Å². The number of benzene rings is 2. The van der Waals surface area contributed by atoms with Gasteiger partial charge in [0.15, 0.2) is 0 Å². The highest BCUT2D eigenvalue weighted by Crippen LogP contribution is 2.22. The van der Waals surface area contributed by atoms with E-state index in [2.05, 4.69) is 0 Å². The number of hydrogen-bond acceptors (Lipinski definition) is 4. The Balaban J connectivity index is 2.33. The smallest absolute Gasteiger partial charge is 0.343 e. The molecular formula is C17H15F3N2O3S. The normalized spacial score (nSPS) is 12.3. The van der Waals surface area contributed by atoms with Gasteiger partial charge >= 0.3 is 6.18 Å². The molecule has 5 nitrogen and oxygen atoms in total. The summed E-state index contributed by atoms with van der Waals surface area (Å²) in [4.78, 5) is 12.4. The second kappa shape index (κ2) is 7.71. The molecule has 2 N–H and O–H groups in total. The van der Waals surface area contributed by atoms with Crippen molar-refractivity contribution in [1.29, 1.82) is 0 Å². The minimum absolute atomic E-state index is 0.128. The van der Waals surface area contributed by atoms with Crippen LogP contribution in [0.3, 0.4) is 0 Å². The van der Waals surface area contributed by atoms with Gasteiger partial charge in [-0.15, -0.1) is 0 Å². The molecule has 0 spiro atoms. The third-order valence-corrected chi connectivity index (χ3v) is 4.31. The van der Waals surface area contributed by atoms with Crippen LogP contribution in [0.25, 0.3) is 0 Å². The average Bonchev–Trinajstić information content (AvgIpc) is 2.57. The zero-order valence-corrected chi connectivity index (χ0v) is 14.2. The Morgan fingerprint density at radius 3 is 2.12 bits per heavy atom. The van der Waals surface area contributed by atoms with E-state index in [4.69, 9.17) is 5.14 Å². The van der Waals surface area contributed by atoms with Gasteiger partial charge in [-0.2, -0.15) is 13.2 Å². The third-order valence-electron chi connectivity index (χ3n) is 3.38. The first-order chi connectivity index (χ1) is 12.1. The van der Waals surface area contributed by atoms with Crippen LogP contribution in [-0.4, -0.2) is 20.4 Å². The highest BCUT2D eigenvalue weighted by molar-refractivity contribution is 7.89. The highest BCUT2D eigenvalue weighted by atomic mass is 32.2. The fourth-order valence-electron chi connectivity index (χ4n) is 2.09. The van der Waals surface area contributed by atoms with E-state index in [9.17, 15) is 26.4 Å². The Hall–Kier alpha value is -2.65. The first kappa shape index (κ1) is 19.7. The number of ketones is 1. The van der Waals surface area contributed by atoms with E-state index in [1.807, 2.05) is 0 Å². The summed E-state index contributed by atoms with van der Waals surface area (Å²) >= 11 is 0. The Morgan fingerprint density at radius 1 is 1.04 bits per heavy atom. The SMILES string of the molecule is NS(=O)(=O)c1ccc(N(/C=C/C(=O)C(F)(F)F)Cc2ccccc2)cc1. The van der Waals surface area contributed by atoms with Crippen LogP contribution >= 0.6 is 0 Å². The Kier molecular flexibility index (Phi) is 5.83. The van der Waals surface area contributed by atoms with E-state index >= 15 is 0 Å². The van der Waals surface area contributed by atoms with Crippen LogP contribution in [0, 0.1) is 0 Å². The van der Waals surface area contributed by atoms with Gasteiger partial charge in [0.05, 0.1) is 4.90 Å². The van der Waals surface area contributed by atoms with Gasteiger partial charge in [0.2, 0.25) is 10.0 Å². The molecule has 0 aliphatic carbocycles. The molecule has 0 aromatic heterocycles. The summed E-state index contributed by atoms with van der Waals surface area (Å²) in [5.74, 6) is -1.99. The molecule has 0 saturated heterocycles. The number of halogens is 3. The van der Waals surface area contributed by atoms with Gasteiger partial charge in [-0.05, 0) is 29.8 Å². The molecule has 0 fully saturated rings. The number of hydrogen-bond donors (Lipinski definition) is 1. The van der Waals surface area contributed by atoms with E-state index in [0.29, 0.717) is 11.8 Å². The van der Waals surface area contributed by atoms with Crippen LogP contribution in [0.4, 0.5) is 18.9 Å². The van der Waals surface area contributed by atoms with E-state index < -0.39 is 22.0 Å². The predicted octanol–water partition coefficient (Wildman–Crippen LogP) is 2.99. The van der Waals surface area contributed by atoms with E-state index in [0.717, 1.165) is 11.8 Å². The van der Waals surface area contributed by atoms with Gasteiger partial charge in [-0.1, -0.05) is 30.3 Å². The largest absolute Gasteiger partial charge is 0.454 e. The van der Waals surface area contributed by atoms with Crippen molar-refractivity contribution in [3.63, 3.8) is 0 Å². The molecule has 0 heterocycles. The zero-order valence-electron chi connectivity index (χ0n) is 13.3. The molecule has 0 aliphatic heterocycles. The minimum Gasteiger partial charge on any atom is -0.343 e. The topological polar surface area (TPSA) is 80.5 Å². The van der Waals surface area contributed by atoms with Gasteiger partial charge in [-0.3, -0.25) is 4.79 Å². The number of rotatable bonds is 6.